The van der Waals surface area contributed by atoms with E-state index in [0.717, 1.165) is 29.7 Å². The number of aryl methyl sites for hydroxylation is 1. The van der Waals surface area contributed by atoms with Gasteiger partial charge in [0, 0.05) is 19.4 Å². The van der Waals surface area contributed by atoms with Crippen LogP contribution in [0.25, 0.3) is 0 Å². The molecule has 0 aliphatic heterocycles. The molecule has 1 aliphatic carbocycles. The number of nitrogen functional groups attached to an aromatic ring is 1. The smallest absolute Gasteiger partial charge is 0.126 e. The van der Waals surface area contributed by atoms with E-state index in [4.69, 9.17) is 10.7 Å². The molecule has 1 aliphatic rings. The number of imidazole rings is 1. The predicted molar refractivity (Wildman–Crippen MR) is 81.2 cm³/mol. The van der Waals surface area contributed by atoms with Crippen LogP contribution in [-0.4, -0.2) is 9.55 Å². The van der Waals surface area contributed by atoms with Crippen LogP contribution in [0.2, 0.25) is 0 Å². The van der Waals surface area contributed by atoms with Crippen molar-refractivity contribution in [3.63, 3.8) is 0 Å². The van der Waals surface area contributed by atoms with Crippen LogP contribution in [0.1, 0.15) is 70.8 Å². The monoisotopic (exact) mass is 263 g/mol. The zero-order valence-corrected chi connectivity index (χ0v) is 13.2. The van der Waals surface area contributed by atoms with E-state index in [1.54, 1.807) is 0 Å². The minimum atomic E-state index is 0.440. The van der Waals surface area contributed by atoms with Crippen molar-refractivity contribution in [1.29, 1.82) is 0 Å². The highest BCUT2D eigenvalue weighted by Gasteiger charge is 2.32. The molecule has 2 N–H and O–H groups in total. The Morgan fingerprint density at radius 2 is 1.79 bits per heavy atom. The summed E-state index contributed by atoms with van der Waals surface area (Å²) in [4.78, 5) is 4.78. The maximum absolute atomic E-state index is 6.23. The Morgan fingerprint density at radius 1 is 1.21 bits per heavy atom. The van der Waals surface area contributed by atoms with Gasteiger partial charge in [-0.1, -0.05) is 27.7 Å². The van der Waals surface area contributed by atoms with Gasteiger partial charge in [0.25, 0.3) is 0 Å². The number of nitrogens with zero attached hydrogens (tertiary/aromatic N) is 2. The molecule has 1 fully saturated rings. The van der Waals surface area contributed by atoms with Gasteiger partial charge in [0.2, 0.25) is 0 Å². The van der Waals surface area contributed by atoms with E-state index in [-0.39, 0.29) is 0 Å². The minimum absolute atomic E-state index is 0.440. The molecule has 0 atom stereocenters. The van der Waals surface area contributed by atoms with Crippen molar-refractivity contribution < 1.29 is 0 Å². The first kappa shape index (κ1) is 14.4. The van der Waals surface area contributed by atoms with E-state index in [9.17, 15) is 0 Å². The van der Waals surface area contributed by atoms with Crippen LogP contribution < -0.4 is 5.73 Å². The molecule has 2 rings (SSSR count). The van der Waals surface area contributed by atoms with Crippen LogP contribution in [0.4, 0.5) is 5.82 Å². The van der Waals surface area contributed by atoms with Crippen molar-refractivity contribution in [3.8, 4) is 0 Å². The molecule has 1 aromatic heterocycles. The summed E-state index contributed by atoms with van der Waals surface area (Å²) in [6.45, 7) is 9.23. The SMILES string of the molecule is CCc1nc(C2CCC(C(C)(C)C)CC2)c(N)n1C. The molecule has 0 radical (unpaired) electrons. The number of rotatable bonds is 2. The van der Waals surface area contributed by atoms with E-state index >= 15 is 0 Å². The van der Waals surface area contributed by atoms with E-state index in [1.807, 2.05) is 7.05 Å². The van der Waals surface area contributed by atoms with Crippen LogP contribution in [0, 0.1) is 11.3 Å². The summed E-state index contributed by atoms with van der Waals surface area (Å²) in [6.07, 6.45) is 6.06. The summed E-state index contributed by atoms with van der Waals surface area (Å²) in [6, 6.07) is 0. The lowest BCUT2D eigenvalue weighted by Gasteiger charge is -2.36. The second kappa shape index (κ2) is 5.18. The van der Waals surface area contributed by atoms with Crippen LogP contribution in [0.3, 0.4) is 0 Å². The second-order valence-electron chi connectivity index (χ2n) is 7.13. The maximum atomic E-state index is 6.23. The zero-order chi connectivity index (χ0) is 14.2. The van der Waals surface area contributed by atoms with Gasteiger partial charge in [0.05, 0.1) is 5.69 Å². The first-order valence-electron chi connectivity index (χ1n) is 7.65. The van der Waals surface area contributed by atoms with Gasteiger partial charge >= 0.3 is 0 Å². The Bertz CT molecular complexity index is 432. The normalized spacial score (nSPS) is 24.7. The molecule has 0 aromatic carbocycles. The van der Waals surface area contributed by atoms with Gasteiger partial charge in [0.15, 0.2) is 0 Å². The van der Waals surface area contributed by atoms with Gasteiger partial charge in [-0.05, 0) is 37.0 Å². The second-order valence-corrected chi connectivity index (χ2v) is 7.13. The lowest BCUT2D eigenvalue weighted by atomic mass is 9.69. The molecule has 3 heteroatoms. The van der Waals surface area contributed by atoms with Crippen molar-refractivity contribution in [3.05, 3.63) is 11.5 Å². The van der Waals surface area contributed by atoms with Gasteiger partial charge in [-0.3, -0.25) is 0 Å². The Labute approximate surface area is 117 Å². The van der Waals surface area contributed by atoms with Gasteiger partial charge < -0.3 is 10.3 Å². The number of aromatic nitrogens is 2. The summed E-state index contributed by atoms with van der Waals surface area (Å²) in [5.74, 6) is 3.42. The molecule has 0 bridgehead atoms. The Balaban J connectivity index is 2.10. The lowest BCUT2D eigenvalue weighted by molar-refractivity contribution is 0.168. The van der Waals surface area contributed by atoms with Crippen molar-refractivity contribution in [1.82, 2.24) is 9.55 Å². The molecule has 108 valence electrons. The largest absolute Gasteiger partial charge is 0.384 e. The maximum Gasteiger partial charge on any atom is 0.126 e. The summed E-state index contributed by atoms with van der Waals surface area (Å²) >= 11 is 0. The van der Waals surface area contributed by atoms with Gasteiger partial charge in [-0.15, -0.1) is 0 Å². The molecule has 1 aromatic rings. The highest BCUT2D eigenvalue weighted by atomic mass is 15.1. The molecular weight excluding hydrogens is 234 g/mol. The highest BCUT2D eigenvalue weighted by Crippen LogP contribution is 2.43. The third-order valence-electron chi connectivity index (χ3n) is 4.92. The van der Waals surface area contributed by atoms with Crippen molar-refractivity contribution in [2.45, 2.75) is 65.7 Å². The number of hydrogen-bond acceptors (Lipinski definition) is 2. The Hall–Kier alpha value is -0.990. The third-order valence-corrected chi connectivity index (χ3v) is 4.92. The molecule has 0 spiro atoms. The van der Waals surface area contributed by atoms with Crippen molar-refractivity contribution >= 4 is 5.82 Å². The first-order chi connectivity index (χ1) is 8.84. The third kappa shape index (κ3) is 2.80. The van der Waals surface area contributed by atoms with Gasteiger partial charge in [0.1, 0.15) is 11.6 Å². The fourth-order valence-corrected chi connectivity index (χ4v) is 3.43. The fraction of sp³-hybridized carbons (Fsp3) is 0.812. The Morgan fingerprint density at radius 3 is 2.21 bits per heavy atom. The van der Waals surface area contributed by atoms with E-state index in [0.29, 0.717) is 11.3 Å². The standard InChI is InChI=1S/C16H29N3/c1-6-13-18-14(15(17)19(13)5)11-7-9-12(10-8-11)16(2,3)4/h11-12H,6-10,17H2,1-5H3. The summed E-state index contributed by atoms with van der Waals surface area (Å²) in [5, 5.41) is 0. The van der Waals surface area contributed by atoms with E-state index in [2.05, 4.69) is 32.3 Å². The molecule has 19 heavy (non-hydrogen) atoms. The summed E-state index contributed by atoms with van der Waals surface area (Å²) in [5.41, 5.74) is 7.83. The minimum Gasteiger partial charge on any atom is -0.384 e. The topological polar surface area (TPSA) is 43.8 Å². The van der Waals surface area contributed by atoms with Crippen LogP contribution in [0.15, 0.2) is 0 Å². The molecule has 1 heterocycles. The number of anilines is 1. The van der Waals surface area contributed by atoms with Crippen LogP contribution >= 0.6 is 0 Å². The highest BCUT2D eigenvalue weighted by molar-refractivity contribution is 5.40. The quantitative estimate of drug-likeness (QED) is 0.880. The molecular formula is C16H29N3. The fourth-order valence-electron chi connectivity index (χ4n) is 3.43. The average molecular weight is 263 g/mol. The molecule has 0 saturated heterocycles. The van der Waals surface area contributed by atoms with E-state index < -0.39 is 0 Å². The predicted octanol–water partition coefficient (Wildman–Crippen LogP) is 3.88. The van der Waals surface area contributed by atoms with Crippen LogP contribution in [-0.2, 0) is 13.5 Å². The first-order valence-corrected chi connectivity index (χ1v) is 7.65. The van der Waals surface area contributed by atoms with Crippen LogP contribution in [0.5, 0.6) is 0 Å². The van der Waals surface area contributed by atoms with Crippen molar-refractivity contribution in [2.75, 3.05) is 5.73 Å². The van der Waals surface area contributed by atoms with Gasteiger partial charge in [-0.2, -0.15) is 0 Å². The zero-order valence-electron chi connectivity index (χ0n) is 13.2. The van der Waals surface area contributed by atoms with Crippen molar-refractivity contribution in [2.24, 2.45) is 18.4 Å². The number of nitrogens with two attached hydrogens (primary N) is 1. The van der Waals surface area contributed by atoms with Gasteiger partial charge in [-0.25, -0.2) is 4.98 Å². The molecule has 0 unspecified atom stereocenters. The average Bonchev–Trinajstić information content (AvgIpc) is 2.65. The Kier molecular flexibility index (Phi) is 3.93. The number of hydrogen-bond donors (Lipinski definition) is 1. The molecule has 1 saturated carbocycles. The summed E-state index contributed by atoms with van der Waals surface area (Å²) in [7, 11) is 2.03. The molecule has 3 nitrogen and oxygen atoms in total. The molecule has 0 amide bonds. The van der Waals surface area contributed by atoms with E-state index in [1.165, 1.54) is 25.7 Å². The summed E-state index contributed by atoms with van der Waals surface area (Å²) < 4.78 is 2.06. The lowest BCUT2D eigenvalue weighted by Crippen LogP contribution is -2.25.